The van der Waals surface area contributed by atoms with Crippen LogP contribution in [-0.2, 0) is 12.8 Å². The first kappa shape index (κ1) is 26.6. The van der Waals surface area contributed by atoms with E-state index in [0.717, 1.165) is 41.0 Å². The van der Waals surface area contributed by atoms with E-state index in [2.05, 4.69) is 20.6 Å². The molecule has 33 heavy (non-hydrogen) atoms. The number of hydrogen-bond donors (Lipinski definition) is 3. The molecule has 2 aromatic carbocycles. The number of aromatic nitrogens is 1. The van der Waals surface area contributed by atoms with Gasteiger partial charge in [-0.1, -0.05) is 6.07 Å². The first-order valence-electron chi connectivity index (χ1n) is 10.7. The zero-order valence-corrected chi connectivity index (χ0v) is 21.8. The summed E-state index contributed by atoms with van der Waals surface area (Å²) < 4.78 is 29.9. The Hall–Kier alpha value is -2.69. The summed E-state index contributed by atoms with van der Waals surface area (Å²) in [4.78, 5) is 7.86. The molecular formula is C24H32FIN4O3. The van der Waals surface area contributed by atoms with Crippen LogP contribution in [0, 0.1) is 5.82 Å². The van der Waals surface area contributed by atoms with Gasteiger partial charge < -0.3 is 29.8 Å². The van der Waals surface area contributed by atoms with Gasteiger partial charge in [-0.15, -0.1) is 24.0 Å². The number of H-pyrrole nitrogens is 1. The number of nitrogens with zero attached hydrogens (tertiary/aromatic N) is 1. The lowest BCUT2D eigenvalue weighted by Gasteiger charge is -2.15. The Morgan fingerprint density at radius 3 is 2.45 bits per heavy atom. The number of guanidine groups is 1. The number of aromatic amines is 1. The van der Waals surface area contributed by atoms with Gasteiger partial charge in [0.25, 0.3) is 0 Å². The third-order valence-electron chi connectivity index (χ3n) is 5.20. The molecule has 0 aliphatic carbocycles. The number of fused-ring (bicyclic) bond motifs is 1. The Bertz CT molecular complexity index is 1070. The third-order valence-corrected chi connectivity index (χ3v) is 5.20. The Morgan fingerprint density at radius 1 is 0.970 bits per heavy atom. The Kier molecular flexibility index (Phi) is 10.6. The molecule has 0 aliphatic heterocycles. The number of methoxy groups -OCH3 is 3. The highest BCUT2D eigenvalue weighted by atomic mass is 127. The number of halogens is 2. The quantitative estimate of drug-likeness (QED) is 0.193. The Morgan fingerprint density at radius 2 is 1.76 bits per heavy atom. The summed E-state index contributed by atoms with van der Waals surface area (Å²) in [7, 11) is 4.81. The molecule has 0 aliphatic rings. The molecule has 3 rings (SSSR count). The summed E-state index contributed by atoms with van der Waals surface area (Å²) in [6.45, 7) is 4.02. The van der Waals surface area contributed by atoms with Crippen LogP contribution in [0.5, 0.6) is 17.2 Å². The van der Waals surface area contributed by atoms with Crippen molar-refractivity contribution >= 4 is 40.8 Å². The van der Waals surface area contributed by atoms with Crippen LogP contribution in [0.4, 0.5) is 4.39 Å². The number of hydrogen-bond acceptors (Lipinski definition) is 4. The fourth-order valence-corrected chi connectivity index (χ4v) is 3.66. The van der Waals surface area contributed by atoms with Crippen molar-refractivity contribution in [2.45, 2.75) is 19.8 Å². The third kappa shape index (κ3) is 6.66. The molecule has 0 bridgehead atoms. The van der Waals surface area contributed by atoms with Crippen LogP contribution in [0.2, 0.25) is 0 Å². The lowest BCUT2D eigenvalue weighted by atomic mass is 10.1. The molecule has 3 aromatic rings. The summed E-state index contributed by atoms with van der Waals surface area (Å²) >= 11 is 0. The molecule has 0 saturated carbocycles. The van der Waals surface area contributed by atoms with Crippen molar-refractivity contribution in [1.82, 2.24) is 15.6 Å². The highest BCUT2D eigenvalue weighted by Gasteiger charge is 2.15. The second-order valence-electron chi connectivity index (χ2n) is 7.18. The van der Waals surface area contributed by atoms with Crippen molar-refractivity contribution in [1.29, 1.82) is 0 Å². The van der Waals surface area contributed by atoms with E-state index < -0.39 is 0 Å². The van der Waals surface area contributed by atoms with Crippen LogP contribution in [0.3, 0.4) is 0 Å². The van der Waals surface area contributed by atoms with Crippen LogP contribution in [-0.4, -0.2) is 51.9 Å². The van der Waals surface area contributed by atoms with Crippen LogP contribution in [0.1, 0.15) is 18.1 Å². The van der Waals surface area contributed by atoms with E-state index in [-0.39, 0.29) is 29.8 Å². The smallest absolute Gasteiger partial charge is 0.203 e. The predicted molar refractivity (Wildman–Crippen MR) is 141 cm³/mol. The lowest BCUT2D eigenvalue weighted by molar-refractivity contribution is 0.322. The van der Waals surface area contributed by atoms with Crippen molar-refractivity contribution < 1.29 is 18.6 Å². The van der Waals surface area contributed by atoms with E-state index in [0.29, 0.717) is 36.8 Å². The van der Waals surface area contributed by atoms with Crippen molar-refractivity contribution in [3.05, 3.63) is 53.5 Å². The summed E-state index contributed by atoms with van der Waals surface area (Å²) in [5, 5.41) is 7.52. The van der Waals surface area contributed by atoms with Gasteiger partial charge >= 0.3 is 0 Å². The van der Waals surface area contributed by atoms with Gasteiger partial charge in [0.15, 0.2) is 17.5 Å². The normalized spacial score (nSPS) is 11.1. The first-order valence-corrected chi connectivity index (χ1v) is 10.7. The second kappa shape index (κ2) is 13.1. The summed E-state index contributed by atoms with van der Waals surface area (Å²) in [6.07, 6.45) is 3.36. The fraction of sp³-hybridized carbons (Fsp3) is 0.375. The number of ether oxygens (including phenoxy) is 3. The van der Waals surface area contributed by atoms with E-state index in [4.69, 9.17) is 14.2 Å². The number of benzene rings is 2. The molecule has 1 heterocycles. The number of nitrogens with one attached hydrogen (secondary N) is 3. The molecule has 0 fully saturated rings. The standard InChI is InChI=1S/C24H31FN4O3.HI/c1-5-26-24(28-13-11-17-15-29-20-8-7-18(25)14-19(17)20)27-12-10-16-6-9-21(30-2)23(32-4)22(16)31-3;/h6-9,14-15,29H,5,10-13H2,1-4H3,(H2,26,27,28);1H. The number of aliphatic imine (C=N–C) groups is 1. The molecular weight excluding hydrogens is 538 g/mol. The number of rotatable bonds is 10. The van der Waals surface area contributed by atoms with Crippen LogP contribution < -0.4 is 24.8 Å². The molecule has 180 valence electrons. The summed E-state index contributed by atoms with van der Waals surface area (Å²) in [5.74, 6) is 2.37. The monoisotopic (exact) mass is 570 g/mol. The Labute approximate surface area is 211 Å². The average Bonchev–Trinajstić information content (AvgIpc) is 3.20. The molecule has 0 amide bonds. The van der Waals surface area contributed by atoms with Crippen molar-refractivity contribution in [3.63, 3.8) is 0 Å². The van der Waals surface area contributed by atoms with E-state index in [1.54, 1.807) is 33.5 Å². The van der Waals surface area contributed by atoms with Crippen LogP contribution >= 0.6 is 24.0 Å². The maximum absolute atomic E-state index is 13.6. The van der Waals surface area contributed by atoms with Crippen molar-refractivity contribution in [3.8, 4) is 17.2 Å². The zero-order valence-electron chi connectivity index (χ0n) is 19.5. The molecule has 3 N–H and O–H groups in total. The first-order chi connectivity index (χ1) is 15.6. The highest BCUT2D eigenvalue weighted by molar-refractivity contribution is 14.0. The van der Waals surface area contributed by atoms with Gasteiger partial charge in [-0.2, -0.15) is 0 Å². The lowest BCUT2D eigenvalue weighted by Crippen LogP contribution is -2.38. The van der Waals surface area contributed by atoms with E-state index >= 15 is 0 Å². The minimum atomic E-state index is -0.230. The molecule has 0 unspecified atom stereocenters. The second-order valence-corrected chi connectivity index (χ2v) is 7.18. The van der Waals surface area contributed by atoms with Gasteiger partial charge in [-0.05, 0) is 49.6 Å². The average molecular weight is 570 g/mol. The molecule has 0 atom stereocenters. The van der Waals surface area contributed by atoms with Gasteiger partial charge in [0.2, 0.25) is 5.75 Å². The Balaban J connectivity index is 0.00000385. The fourth-order valence-electron chi connectivity index (χ4n) is 3.66. The SMILES string of the molecule is CCNC(=NCCc1ccc(OC)c(OC)c1OC)NCCc1c[nH]c2ccc(F)cc12.I. The van der Waals surface area contributed by atoms with Gasteiger partial charge in [-0.25, -0.2) is 4.39 Å². The molecule has 1 aromatic heterocycles. The van der Waals surface area contributed by atoms with Gasteiger partial charge in [0.05, 0.1) is 21.3 Å². The maximum Gasteiger partial charge on any atom is 0.203 e. The molecule has 0 saturated heterocycles. The van der Waals surface area contributed by atoms with Gasteiger partial charge in [-0.3, -0.25) is 4.99 Å². The zero-order chi connectivity index (χ0) is 22.9. The molecule has 9 heteroatoms. The van der Waals surface area contributed by atoms with E-state index in [1.807, 2.05) is 25.3 Å². The van der Waals surface area contributed by atoms with E-state index in [1.165, 1.54) is 6.07 Å². The van der Waals surface area contributed by atoms with Crippen LogP contribution in [0.15, 0.2) is 41.5 Å². The van der Waals surface area contributed by atoms with Gasteiger partial charge in [0.1, 0.15) is 5.82 Å². The van der Waals surface area contributed by atoms with Gasteiger partial charge in [0, 0.05) is 42.3 Å². The topological polar surface area (TPSA) is 79.9 Å². The largest absolute Gasteiger partial charge is 0.493 e. The van der Waals surface area contributed by atoms with Crippen molar-refractivity contribution in [2.75, 3.05) is 41.0 Å². The maximum atomic E-state index is 13.6. The van der Waals surface area contributed by atoms with Crippen molar-refractivity contribution in [2.24, 2.45) is 4.99 Å². The highest BCUT2D eigenvalue weighted by Crippen LogP contribution is 2.39. The van der Waals surface area contributed by atoms with E-state index in [9.17, 15) is 4.39 Å². The molecule has 0 spiro atoms. The molecule has 7 nitrogen and oxygen atoms in total. The minimum Gasteiger partial charge on any atom is -0.493 e. The summed E-state index contributed by atoms with van der Waals surface area (Å²) in [5.41, 5.74) is 2.99. The summed E-state index contributed by atoms with van der Waals surface area (Å²) in [6, 6.07) is 8.62. The predicted octanol–water partition coefficient (Wildman–Crippen LogP) is 4.29. The molecule has 0 radical (unpaired) electrons. The van der Waals surface area contributed by atoms with Crippen LogP contribution in [0.25, 0.3) is 10.9 Å². The minimum absolute atomic E-state index is 0.